The molecule has 104 valence electrons. The lowest BCUT2D eigenvalue weighted by Gasteiger charge is -2.10. The topological polar surface area (TPSA) is 29.9 Å². The van der Waals surface area contributed by atoms with Crippen molar-refractivity contribution < 1.29 is 0 Å². The molecular weight excluding hydrogens is 282 g/mol. The van der Waals surface area contributed by atoms with Crippen LogP contribution in [0.5, 0.6) is 0 Å². The molecule has 3 aromatic rings. The van der Waals surface area contributed by atoms with Crippen LogP contribution in [0.15, 0.2) is 55.0 Å². The predicted octanol–water partition coefficient (Wildman–Crippen LogP) is 4.16. The molecule has 0 spiro atoms. The van der Waals surface area contributed by atoms with Crippen molar-refractivity contribution in [1.82, 2.24) is 9.55 Å². The minimum atomic E-state index is 0.735. The highest BCUT2D eigenvalue weighted by molar-refractivity contribution is 6.30. The molecule has 4 rings (SSSR count). The number of imidazole rings is 1. The van der Waals surface area contributed by atoms with Gasteiger partial charge in [0.15, 0.2) is 0 Å². The van der Waals surface area contributed by atoms with Gasteiger partial charge in [-0.15, -0.1) is 0 Å². The maximum Gasteiger partial charge on any atom is 0.0997 e. The molecule has 0 saturated carbocycles. The molecule has 0 bridgehead atoms. The van der Waals surface area contributed by atoms with Gasteiger partial charge >= 0.3 is 0 Å². The third-order valence-electron chi connectivity index (χ3n) is 3.84. The zero-order valence-electron chi connectivity index (χ0n) is 11.4. The van der Waals surface area contributed by atoms with E-state index in [4.69, 9.17) is 11.6 Å². The molecule has 2 aromatic carbocycles. The van der Waals surface area contributed by atoms with Crippen LogP contribution in [-0.4, -0.2) is 16.1 Å². The summed E-state index contributed by atoms with van der Waals surface area (Å²) in [4.78, 5) is 4.30. The highest BCUT2D eigenvalue weighted by Crippen LogP contribution is 2.28. The van der Waals surface area contributed by atoms with E-state index < -0.39 is 0 Å². The summed E-state index contributed by atoms with van der Waals surface area (Å²) in [5, 5.41) is 4.12. The standard InChI is InChI=1S/C17H14ClN3/c18-14-3-1-2-13(8-14)17-10-19-11-21(17)15-4-5-16-12(9-15)6-7-20-16/h1-5,8-11,20H,6-7H2. The molecule has 4 heteroatoms. The van der Waals surface area contributed by atoms with Gasteiger partial charge in [0.25, 0.3) is 0 Å². The highest BCUT2D eigenvalue weighted by atomic mass is 35.5. The molecule has 0 amide bonds. The summed E-state index contributed by atoms with van der Waals surface area (Å²) >= 11 is 6.10. The number of benzene rings is 2. The second-order valence-electron chi connectivity index (χ2n) is 5.18. The zero-order chi connectivity index (χ0) is 14.2. The minimum Gasteiger partial charge on any atom is -0.384 e. The monoisotopic (exact) mass is 295 g/mol. The van der Waals surface area contributed by atoms with Gasteiger partial charge in [0.2, 0.25) is 0 Å². The average molecular weight is 296 g/mol. The van der Waals surface area contributed by atoms with Crippen LogP contribution in [-0.2, 0) is 6.42 Å². The Morgan fingerprint density at radius 2 is 2.10 bits per heavy atom. The van der Waals surface area contributed by atoms with E-state index in [-0.39, 0.29) is 0 Å². The van der Waals surface area contributed by atoms with Crippen molar-refractivity contribution in [3.8, 4) is 16.9 Å². The Kier molecular flexibility index (Phi) is 2.93. The van der Waals surface area contributed by atoms with Crippen molar-refractivity contribution in [3.05, 3.63) is 65.6 Å². The van der Waals surface area contributed by atoms with Crippen LogP contribution in [0.3, 0.4) is 0 Å². The molecule has 1 aliphatic rings. The molecule has 0 aliphatic carbocycles. The third kappa shape index (κ3) is 2.20. The van der Waals surface area contributed by atoms with Gasteiger partial charge in [0.05, 0.1) is 18.2 Å². The number of hydrogen-bond acceptors (Lipinski definition) is 2. The van der Waals surface area contributed by atoms with Crippen molar-refractivity contribution in [2.75, 3.05) is 11.9 Å². The van der Waals surface area contributed by atoms with Crippen molar-refractivity contribution in [2.24, 2.45) is 0 Å². The maximum absolute atomic E-state index is 6.10. The lowest BCUT2D eigenvalue weighted by atomic mass is 10.1. The van der Waals surface area contributed by atoms with Gasteiger partial charge < -0.3 is 5.32 Å². The van der Waals surface area contributed by atoms with Crippen LogP contribution in [0.25, 0.3) is 16.9 Å². The molecule has 1 aliphatic heterocycles. The van der Waals surface area contributed by atoms with E-state index in [0.717, 1.165) is 34.9 Å². The lowest BCUT2D eigenvalue weighted by molar-refractivity contribution is 1.05. The van der Waals surface area contributed by atoms with Crippen LogP contribution >= 0.6 is 11.6 Å². The maximum atomic E-state index is 6.10. The number of nitrogens with zero attached hydrogens (tertiary/aromatic N) is 2. The SMILES string of the molecule is Clc1cccc(-c2cncn2-c2ccc3c(c2)CCN3)c1. The summed E-state index contributed by atoms with van der Waals surface area (Å²) in [7, 11) is 0. The smallest absolute Gasteiger partial charge is 0.0997 e. The number of halogens is 1. The number of aromatic nitrogens is 2. The number of nitrogens with one attached hydrogen (secondary N) is 1. The van der Waals surface area contributed by atoms with Gasteiger partial charge in [0, 0.05) is 28.5 Å². The van der Waals surface area contributed by atoms with E-state index in [1.54, 1.807) is 0 Å². The molecule has 0 radical (unpaired) electrons. The fourth-order valence-electron chi connectivity index (χ4n) is 2.80. The molecular formula is C17H14ClN3. The zero-order valence-corrected chi connectivity index (χ0v) is 12.1. The summed E-state index contributed by atoms with van der Waals surface area (Å²) in [5.74, 6) is 0. The van der Waals surface area contributed by atoms with Gasteiger partial charge in [-0.05, 0) is 42.3 Å². The summed E-state index contributed by atoms with van der Waals surface area (Å²) in [6.07, 6.45) is 4.79. The Balaban J connectivity index is 1.82. The average Bonchev–Trinajstić information content (AvgIpc) is 3.15. The minimum absolute atomic E-state index is 0.735. The molecule has 0 atom stereocenters. The first-order valence-electron chi connectivity index (χ1n) is 6.97. The van der Waals surface area contributed by atoms with Gasteiger partial charge in [0.1, 0.15) is 0 Å². The molecule has 1 aromatic heterocycles. The second-order valence-corrected chi connectivity index (χ2v) is 5.61. The lowest BCUT2D eigenvalue weighted by Crippen LogP contribution is -1.96. The fourth-order valence-corrected chi connectivity index (χ4v) is 2.99. The highest BCUT2D eigenvalue weighted by Gasteiger charge is 2.13. The number of hydrogen-bond donors (Lipinski definition) is 1. The summed E-state index contributed by atoms with van der Waals surface area (Å²) in [6.45, 7) is 1.02. The second kappa shape index (κ2) is 4.93. The van der Waals surface area contributed by atoms with E-state index >= 15 is 0 Å². The first-order valence-corrected chi connectivity index (χ1v) is 7.34. The normalized spacial score (nSPS) is 13.0. The Hall–Kier alpha value is -2.26. The van der Waals surface area contributed by atoms with Crippen molar-refractivity contribution in [1.29, 1.82) is 0 Å². The Bertz CT molecular complexity index is 807. The predicted molar refractivity (Wildman–Crippen MR) is 86.2 cm³/mol. The largest absolute Gasteiger partial charge is 0.384 e. The number of anilines is 1. The molecule has 2 heterocycles. The van der Waals surface area contributed by atoms with E-state index in [1.807, 2.05) is 36.8 Å². The molecule has 1 N–H and O–H groups in total. The number of rotatable bonds is 2. The van der Waals surface area contributed by atoms with Crippen molar-refractivity contribution >= 4 is 17.3 Å². The molecule has 0 saturated heterocycles. The van der Waals surface area contributed by atoms with Crippen LogP contribution in [0.2, 0.25) is 5.02 Å². The quantitative estimate of drug-likeness (QED) is 0.769. The van der Waals surface area contributed by atoms with E-state index in [1.165, 1.54) is 11.3 Å². The van der Waals surface area contributed by atoms with Gasteiger partial charge in [-0.25, -0.2) is 4.98 Å². The molecule has 21 heavy (non-hydrogen) atoms. The molecule has 0 fully saturated rings. The fraction of sp³-hybridized carbons (Fsp3) is 0.118. The Labute approximate surface area is 128 Å². The van der Waals surface area contributed by atoms with E-state index in [2.05, 4.69) is 33.1 Å². The third-order valence-corrected chi connectivity index (χ3v) is 4.07. The Morgan fingerprint density at radius 3 is 3.00 bits per heavy atom. The first kappa shape index (κ1) is 12.5. The van der Waals surface area contributed by atoms with Gasteiger partial charge in [-0.1, -0.05) is 23.7 Å². The van der Waals surface area contributed by atoms with Crippen LogP contribution in [0.4, 0.5) is 5.69 Å². The Morgan fingerprint density at radius 1 is 1.14 bits per heavy atom. The summed E-state index contributed by atoms with van der Waals surface area (Å²) in [6, 6.07) is 14.3. The van der Waals surface area contributed by atoms with Gasteiger partial charge in [-0.3, -0.25) is 4.57 Å². The molecule has 0 unspecified atom stereocenters. The van der Waals surface area contributed by atoms with Crippen LogP contribution in [0, 0.1) is 0 Å². The van der Waals surface area contributed by atoms with Crippen LogP contribution < -0.4 is 5.32 Å². The van der Waals surface area contributed by atoms with Crippen molar-refractivity contribution in [2.45, 2.75) is 6.42 Å². The van der Waals surface area contributed by atoms with E-state index in [0.29, 0.717) is 0 Å². The summed E-state index contributed by atoms with van der Waals surface area (Å²) in [5.41, 5.74) is 5.84. The van der Waals surface area contributed by atoms with E-state index in [9.17, 15) is 0 Å². The summed E-state index contributed by atoms with van der Waals surface area (Å²) < 4.78 is 2.10. The molecule has 3 nitrogen and oxygen atoms in total. The van der Waals surface area contributed by atoms with Crippen molar-refractivity contribution in [3.63, 3.8) is 0 Å². The first-order chi connectivity index (χ1) is 10.3. The number of fused-ring (bicyclic) bond motifs is 1. The van der Waals surface area contributed by atoms with Gasteiger partial charge in [-0.2, -0.15) is 0 Å². The van der Waals surface area contributed by atoms with Crippen LogP contribution in [0.1, 0.15) is 5.56 Å².